The van der Waals surface area contributed by atoms with Crippen LogP contribution < -0.4 is 0 Å². The Kier molecular flexibility index (Phi) is 15.0. The Morgan fingerprint density at radius 3 is 1.81 bits per heavy atom. The van der Waals surface area contributed by atoms with Gasteiger partial charge in [0.15, 0.2) is 0 Å². The summed E-state index contributed by atoms with van der Waals surface area (Å²) in [6, 6.07) is 0. The molecule has 0 saturated heterocycles. The molecule has 0 saturated carbocycles. The molecule has 0 aliphatic heterocycles. The van der Waals surface area contributed by atoms with Crippen molar-refractivity contribution in [2.24, 2.45) is 5.92 Å². The molecule has 21 heavy (non-hydrogen) atoms. The van der Waals surface area contributed by atoms with Gasteiger partial charge in [0.1, 0.15) is 0 Å². The Morgan fingerprint density at radius 2 is 1.29 bits per heavy atom. The Bertz CT molecular complexity index is 256. The fourth-order valence-electron chi connectivity index (χ4n) is 2.47. The van der Waals surface area contributed by atoms with E-state index in [0.29, 0.717) is 6.42 Å². The van der Waals surface area contributed by atoms with Crippen molar-refractivity contribution in [1.82, 2.24) is 0 Å². The molecule has 0 unspecified atom stereocenters. The third kappa shape index (κ3) is 19.2. The average Bonchev–Trinajstić information content (AvgIpc) is 2.42. The van der Waals surface area contributed by atoms with Crippen LogP contribution in [0.15, 0.2) is 12.2 Å². The number of carboxylic acid groups (broad SMARTS) is 1. The van der Waals surface area contributed by atoms with Gasteiger partial charge in [-0.15, -0.1) is 0 Å². The molecule has 0 aromatic rings. The van der Waals surface area contributed by atoms with Gasteiger partial charge in [0.25, 0.3) is 0 Å². The quantitative estimate of drug-likeness (QED) is 0.282. The summed E-state index contributed by atoms with van der Waals surface area (Å²) >= 11 is 0. The van der Waals surface area contributed by atoms with Crippen molar-refractivity contribution < 1.29 is 9.90 Å². The summed E-state index contributed by atoms with van der Waals surface area (Å²) < 4.78 is 0. The highest BCUT2D eigenvalue weighted by molar-refractivity contribution is 5.66. The second-order valence-electron chi connectivity index (χ2n) is 6.56. The van der Waals surface area contributed by atoms with Crippen molar-refractivity contribution in [2.45, 2.75) is 97.3 Å². The van der Waals surface area contributed by atoms with E-state index in [1.54, 1.807) is 0 Å². The molecule has 2 nitrogen and oxygen atoms in total. The highest BCUT2D eigenvalue weighted by Crippen LogP contribution is 2.12. The summed E-state index contributed by atoms with van der Waals surface area (Å²) in [5.74, 6) is 0.191. The van der Waals surface area contributed by atoms with Crippen LogP contribution >= 0.6 is 0 Å². The predicted molar refractivity (Wildman–Crippen MR) is 91.6 cm³/mol. The number of rotatable bonds is 15. The summed E-state index contributed by atoms with van der Waals surface area (Å²) in [5.41, 5.74) is 0. The number of unbranched alkanes of at least 4 members (excludes halogenated alkanes) is 9. The maximum atomic E-state index is 10.3. The largest absolute Gasteiger partial charge is 0.481 e. The first-order valence-electron chi connectivity index (χ1n) is 8.99. The van der Waals surface area contributed by atoms with E-state index in [9.17, 15) is 4.79 Å². The van der Waals surface area contributed by atoms with Gasteiger partial charge >= 0.3 is 5.97 Å². The lowest BCUT2D eigenvalue weighted by atomic mass is 10.0. The van der Waals surface area contributed by atoms with Crippen LogP contribution in [0.4, 0.5) is 0 Å². The van der Waals surface area contributed by atoms with Gasteiger partial charge in [-0.3, -0.25) is 4.79 Å². The fraction of sp³-hybridized carbons (Fsp3) is 0.842. The van der Waals surface area contributed by atoms with E-state index in [0.717, 1.165) is 31.6 Å². The van der Waals surface area contributed by atoms with Crippen molar-refractivity contribution in [2.75, 3.05) is 0 Å². The maximum absolute atomic E-state index is 10.3. The molecular formula is C19H36O2. The molecule has 0 aromatic carbocycles. The van der Waals surface area contributed by atoms with Crippen molar-refractivity contribution in [3.05, 3.63) is 12.2 Å². The molecule has 0 spiro atoms. The van der Waals surface area contributed by atoms with Gasteiger partial charge in [0, 0.05) is 6.42 Å². The van der Waals surface area contributed by atoms with Crippen molar-refractivity contribution >= 4 is 5.97 Å². The normalized spacial score (nSPS) is 11.6. The van der Waals surface area contributed by atoms with Gasteiger partial charge in [-0.2, -0.15) is 0 Å². The van der Waals surface area contributed by atoms with Crippen molar-refractivity contribution in [3.8, 4) is 0 Å². The first-order chi connectivity index (χ1) is 10.1. The van der Waals surface area contributed by atoms with E-state index in [4.69, 9.17) is 5.11 Å². The van der Waals surface area contributed by atoms with Crippen LogP contribution in [0, 0.1) is 5.92 Å². The molecule has 0 heterocycles. The summed E-state index contributed by atoms with van der Waals surface area (Å²) in [6.07, 6.45) is 19.8. The topological polar surface area (TPSA) is 37.3 Å². The minimum Gasteiger partial charge on any atom is -0.481 e. The van der Waals surface area contributed by atoms with E-state index in [1.807, 2.05) is 0 Å². The van der Waals surface area contributed by atoms with Crippen molar-refractivity contribution in [1.29, 1.82) is 0 Å². The van der Waals surface area contributed by atoms with Crippen LogP contribution in [0.1, 0.15) is 97.3 Å². The molecule has 124 valence electrons. The van der Waals surface area contributed by atoms with Crippen LogP contribution in [-0.4, -0.2) is 11.1 Å². The number of allylic oxidation sites excluding steroid dienone is 2. The van der Waals surface area contributed by atoms with E-state index < -0.39 is 5.97 Å². The molecule has 0 bridgehead atoms. The molecule has 0 aromatic heterocycles. The number of aliphatic carboxylic acids is 1. The molecule has 0 amide bonds. The zero-order valence-corrected chi connectivity index (χ0v) is 14.3. The molecular weight excluding hydrogens is 260 g/mol. The lowest BCUT2D eigenvalue weighted by molar-refractivity contribution is -0.137. The van der Waals surface area contributed by atoms with Crippen LogP contribution in [0.2, 0.25) is 0 Å². The molecule has 0 fully saturated rings. The minimum absolute atomic E-state index is 0.326. The summed E-state index contributed by atoms with van der Waals surface area (Å²) in [7, 11) is 0. The zero-order chi connectivity index (χ0) is 15.8. The molecule has 0 atom stereocenters. The summed E-state index contributed by atoms with van der Waals surface area (Å²) in [4.78, 5) is 10.3. The molecule has 0 rings (SSSR count). The molecule has 0 aliphatic rings. The van der Waals surface area contributed by atoms with Crippen LogP contribution in [0.5, 0.6) is 0 Å². The molecule has 0 aliphatic carbocycles. The standard InChI is InChI=1S/C19H36O2/c1-18(2)16-14-12-10-8-6-4-3-5-7-9-11-13-15-17-19(20)21/h3,5,18H,4,6-17H2,1-2H3,(H,20,21)/b5-3+. The highest BCUT2D eigenvalue weighted by atomic mass is 16.4. The third-order valence-electron chi connectivity index (χ3n) is 3.83. The lowest BCUT2D eigenvalue weighted by Gasteiger charge is -2.03. The Labute approximate surface area is 132 Å². The predicted octanol–water partition coefficient (Wildman–Crippen LogP) is 6.35. The average molecular weight is 296 g/mol. The second-order valence-corrected chi connectivity index (χ2v) is 6.56. The van der Waals surface area contributed by atoms with E-state index in [-0.39, 0.29) is 0 Å². The van der Waals surface area contributed by atoms with Gasteiger partial charge < -0.3 is 5.11 Å². The van der Waals surface area contributed by atoms with Gasteiger partial charge in [-0.25, -0.2) is 0 Å². The first-order valence-corrected chi connectivity index (χ1v) is 8.99. The fourth-order valence-corrected chi connectivity index (χ4v) is 2.47. The Morgan fingerprint density at radius 1 is 0.810 bits per heavy atom. The van der Waals surface area contributed by atoms with E-state index in [2.05, 4.69) is 26.0 Å². The maximum Gasteiger partial charge on any atom is 0.303 e. The number of carbonyl (C=O) groups is 1. The van der Waals surface area contributed by atoms with E-state index in [1.165, 1.54) is 51.4 Å². The van der Waals surface area contributed by atoms with Crippen LogP contribution in [-0.2, 0) is 4.79 Å². The lowest BCUT2D eigenvalue weighted by Crippen LogP contribution is -1.93. The Hall–Kier alpha value is -0.790. The van der Waals surface area contributed by atoms with Crippen LogP contribution in [0.3, 0.4) is 0 Å². The van der Waals surface area contributed by atoms with E-state index >= 15 is 0 Å². The molecule has 1 N–H and O–H groups in total. The van der Waals surface area contributed by atoms with Gasteiger partial charge in [-0.05, 0) is 38.0 Å². The van der Waals surface area contributed by atoms with Gasteiger partial charge in [0.2, 0.25) is 0 Å². The smallest absolute Gasteiger partial charge is 0.303 e. The van der Waals surface area contributed by atoms with Crippen LogP contribution in [0.25, 0.3) is 0 Å². The van der Waals surface area contributed by atoms with Gasteiger partial charge in [0.05, 0.1) is 0 Å². The second kappa shape index (κ2) is 15.6. The number of hydrogen-bond donors (Lipinski definition) is 1. The summed E-state index contributed by atoms with van der Waals surface area (Å²) in [6.45, 7) is 4.61. The number of carboxylic acids is 1. The molecule has 0 radical (unpaired) electrons. The Balaban J connectivity index is 3.10. The first kappa shape index (κ1) is 20.2. The minimum atomic E-state index is -0.667. The third-order valence-corrected chi connectivity index (χ3v) is 3.83. The monoisotopic (exact) mass is 296 g/mol. The zero-order valence-electron chi connectivity index (χ0n) is 14.3. The van der Waals surface area contributed by atoms with Gasteiger partial charge in [-0.1, -0.05) is 70.9 Å². The SMILES string of the molecule is CC(C)CCCCCCC/C=C/CCCCCCC(=O)O. The summed E-state index contributed by atoms with van der Waals surface area (Å²) in [5, 5.41) is 8.52. The molecule has 2 heteroatoms. The highest BCUT2D eigenvalue weighted by Gasteiger charge is 1.96. The number of hydrogen-bond acceptors (Lipinski definition) is 1. The van der Waals surface area contributed by atoms with Crippen molar-refractivity contribution in [3.63, 3.8) is 0 Å².